The van der Waals surface area contributed by atoms with Gasteiger partial charge in [0, 0.05) is 11.6 Å². The monoisotopic (exact) mass is 436 g/mol. The maximum absolute atomic E-state index is 2.42. The highest BCUT2D eigenvalue weighted by atomic mass is 14.9. The van der Waals surface area contributed by atoms with Gasteiger partial charge in [-0.3, -0.25) is 0 Å². The molecule has 1 heteroatoms. The smallest absolute Gasteiger partial charge is 0.200 e. The molecule has 0 saturated carbocycles. The topological polar surface area (TPSA) is 3.88 Å². The van der Waals surface area contributed by atoms with Crippen molar-refractivity contribution in [3.05, 3.63) is 89.1 Å². The van der Waals surface area contributed by atoms with Crippen LogP contribution < -0.4 is 4.57 Å². The molecule has 0 aliphatic heterocycles. The van der Waals surface area contributed by atoms with Gasteiger partial charge >= 0.3 is 0 Å². The molecule has 33 heavy (non-hydrogen) atoms. The summed E-state index contributed by atoms with van der Waals surface area (Å²) in [5.41, 5.74) is 10.7. The molecule has 3 aromatic carbocycles. The SMILES string of the molecule is Cc1cc(-c2c(C)cccc2C)ccc1-c1c2ccc(C(C(C)C)C(C)C)cc2cc[n+]1C. The summed E-state index contributed by atoms with van der Waals surface area (Å²) < 4.78 is 2.27. The van der Waals surface area contributed by atoms with Crippen LogP contribution in [0.2, 0.25) is 0 Å². The number of fused-ring (bicyclic) bond motifs is 1. The van der Waals surface area contributed by atoms with E-state index in [4.69, 9.17) is 0 Å². The summed E-state index contributed by atoms with van der Waals surface area (Å²) in [5, 5.41) is 2.64. The van der Waals surface area contributed by atoms with E-state index in [0.29, 0.717) is 17.8 Å². The quantitative estimate of drug-likeness (QED) is 0.277. The number of rotatable bonds is 5. The standard InChI is InChI=1S/C32H38N/c1-20(2)30(21(3)4)27-13-15-29-25(19-27)16-17-33(8)32(29)28-14-12-26(18-24(28)7)31-22(5)10-9-11-23(31)6/h9-21,30H,1-8H3/q+1. The van der Waals surface area contributed by atoms with Gasteiger partial charge in [0.2, 0.25) is 5.69 Å². The molecule has 0 bridgehead atoms. The summed E-state index contributed by atoms with van der Waals surface area (Å²) >= 11 is 0. The van der Waals surface area contributed by atoms with Gasteiger partial charge in [0.05, 0.1) is 5.39 Å². The first-order chi connectivity index (χ1) is 15.7. The molecular weight excluding hydrogens is 398 g/mol. The molecular formula is C32H38N+. The second-order valence-electron chi connectivity index (χ2n) is 10.4. The van der Waals surface area contributed by atoms with E-state index in [-0.39, 0.29) is 0 Å². The number of pyridine rings is 1. The van der Waals surface area contributed by atoms with Crippen molar-refractivity contribution < 1.29 is 4.57 Å². The number of aromatic nitrogens is 1. The fourth-order valence-electron chi connectivity index (χ4n) is 5.83. The lowest BCUT2D eigenvalue weighted by Gasteiger charge is -2.25. The van der Waals surface area contributed by atoms with Crippen LogP contribution in [0.15, 0.2) is 66.9 Å². The van der Waals surface area contributed by atoms with Crippen LogP contribution in [0.3, 0.4) is 0 Å². The zero-order valence-electron chi connectivity index (χ0n) is 21.5. The van der Waals surface area contributed by atoms with Gasteiger partial charge in [-0.25, -0.2) is 4.57 Å². The van der Waals surface area contributed by atoms with E-state index in [0.717, 1.165) is 0 Å². The fraction of sp³-hybridized carbons (Fsp3) is 0.344. The summed E-state index contributed by atoms with van der Waals surface area (Å²) in [5.74, 6) is 1.83. The van der Waals surface area contributed by atoms with Gasteiger partial charge in [-0.15, -0.1) is 0 Å². The summed E-state index contributed by atoms with van der Waals surface area (Å²) in [6.45, 7) is 16.0. The minimum absolute atomic E-state index is 0.574. The number of hydrogen-bond acceptors (Lipinski definition) is 0. The molecule has 4 aromatic rings. The Morgan fingerprint density at radius 3 is 1.97 bits per heavy atom. The summed E-state index contributed by atoms with van der Waals surface area (Å²) in [6.07, 6.45) is 2.21. The van der Waals surface area contributed by atoms with Crippen LogP contribution >= 0.6 is 0 Å². The first kappa shape index (κ1) is 23.2. The third-order valence-electron chi connectivity index (χ3n) is 7.23. The van der Waals surface area contributed by atoms with Crippen LogP contribution in [0, 0.1) is 32.6 Å². The lowest BCUT2D eigenvalue weighted by Crippen LogP contribution is -2.30. The van der Waals surface area contributed by atoms with Crippen molar-refractivity contribution in [2.45, 2.75) is 54.4 Å². The fourth-order valence-corrected chi connectivity index (χ4v) is 5.83. The van der Waals surface area contributed by atoms with Crippen molar-refractivity contribution in [1.82, 2.24) is 0 Å². The van der Waals surface area contributed by atoms with Gasteiger partial charge in [-0.1, -0.05) is 70.2 Å². The first-order valence-electron chi connectivity index (χ1n) is 12.3. The van der Waals surface area contributed by atoms with E-state index in [9.17, 15) is 0 Å². The highest BCUT2D eigenvalue weighted by molar-refractivity contribution is 5.94. The maximum atomic E-state index is 2.42. The highest BCUT2D eigenvalue weighted by Crippen LogP contribution is 2.36. The molecule has 0 atom stereocenters. The van der Waals surface area contributed by atoms with Crippen molar-refractivity contribution in [2.24, 2.45) is 18.9 Å². The van der Waals surface area contributed by atoms with Crippen molar-refractivity contribution in [2.75, 3.05) is 0 Å². The van der Waals surface area contributed by atoms with Crippen LogP contribution in [0.5, 0.6) is 0 Å². The van der Waals surface area contributed by atoms with Crippen molar-refractivity contribution in [3.63, 3.8) is 0 Å². The van der Waals surface area contributed by atoms with Crippen LogP contribution in [-0.2, 0) is 7.05 Å². The third-order valence-corrected chi connectivity index (χ3v) is 7.23. The molecule has 0 fully saturated rings. The molecule has 0 radical (unpaired) electrons. The predicted molar refractivity (Wildman–Crippen MR) is 143 cm³/mol. The van der Waals surface area contributed by atoms with E-state index in [1.807, 2.05) is 0 Å². The predicted octanol–water partition coefficient (Wildman–Crippen LogP) is 8.32. The van der Waals surface area contributed by atoms with Gasteiger partial charge in [-0.05, 0) is 89.4 Å². The van der Waals surface area contributed by atoms with E-state index in [2.05, 4.69) is 127 Å². The molecule has 0 unspecified atom stereocenters. The maximum Gasteiger partial charge on any atom is 0.220 e. The Labute approximate surface area is 200 Å². The van der Waals surface area contributed by atoms with Gasteiger partial charge in [0.25, 0.3) is 0 Å². The van der Waals surface area contributed by atoms with E-state index in [1.54, 1.807) is 0 Å². The minimum atomic E-state index is 0.574. The molecule has 1 heterocycles. The molecule has 0 amide bonds. The Balaban J connectivity index is 1.85. The highest BCUT2D eigenvalue weighted by Gasteiger charge is 2.22. The average molecular weight is 437 g/mol. The molecule has 4 rings (SSSR count). The van der Waals surface area contributed by atoms with Gasteiger partial charge in [-0.2, -0.15) is 0 Å². The number of aryl methyl sites for hydroxylation is 4. The minimum Gasteiger partial charge on any atom is -0.200 e. The van der Waals surface area contributed by atoms with Crippen molar-refractivity contribution in [1.29, 1.82) is 0 Å². The number of nitrogens with zero attached hydrogens (tertiary/aromatic N) is 1. The average Bonchev–Trinajstić information content (AvgIpc) is 2.74. The van der Waals surface area contributed by atoms with Crippen LogP contribution in [-0.4, -0.2) is 0 Å². The number of hydrogen-bond donors (Lipinski definition) is 0. The van der Waals surface area contributed by atoms with Crippen LogP contribution in [0.1, 0.15) is 55.9 Å². The van der Waals surface area contributed by atoms with Gasteiger partial charge < -0.3 is 0 Å². The van der Waals surface area contributed by atoms with E-state index < -0.39 is 0 Å². The summed E-state index contributed by atoms with van der Waals surface area (Å²) in [6, 6.07) is 22.9. The van der Waals surface area contributed by atoms with Crippen LogP contribution in [0.25, 0.3) is 33.2 Å². The zero-order valence-corrected chi connectivity index (χ0v) is 21.5. The van der Waals surface area contributed by atoms with Crippen LogP contribution in [0.4, 0.5) is 0 Å². The van der Waals surface area contributed by atoms with Crippen molar-refractivity contribution in [3.8, 4) is 22.4 Å². The Morgan fingerprint density at radius 2 is 1.36 bits per heavy atom. The molecule has 0 spiro atoms. The Kier molecular flexibility index (Phi) is 6.43. The normalized spacial score (nSPS) is 11.8. The third kappa shape index (κ3) is 4.34. The second-order valence-corrected chi connectivity index (χ2v) is 10.4. The molecule has 0 aliphatic carbocycles. The Morgan fingerprint density at radius 1 is 0.697 bits per heavy atom. The largest absolute Gasteiger partial charge is 0.220 e. The molecule has 0 saturated heterocycles. The first-order valence-corrected chi connectivity index (χ1v) is 12.3. The lowest BCUT2D eigenvalue weighted by molar-refractivity contribution is -0.659. The van der Waals surface area contributed by atoms with E-state index in [1.165, 1.54) is 55.4 Å². The second kappa shape index (κ2) is 9.14. The Hall–Kier alpha value is -2.93. The summed E-state index contributed by atoms with van der Waals surface area (Å²) in [7, 11) is 2.16. The van der Waals surface area contributed by atoms with E-state index >= 15 is 0 Å². The zero-order chi connectivity index (χ0) is 23.9. The molecule has 170 valence electrons. The van der Waals surface area contributed by atoms with Gasteiger partial charge in [0.15, 0.2) is 6.20 Å². The molecule has 1 nitrogen and oxygen atoms in total. The molecule has 0 aliphatic rings. The molecule has 1 aromatic heterocycles. The van der Waals surface area contributed by atoms with Gasteiger partial charge in [0.1, 0.15) is 7.05 Å². The summed E-state index contributed by atoms with van der Waals surface area (Å²) in [4.78, 5) is 0. The Bertz CT molecular complexity index is 1280. The number of benzene rings is 3. The lowest BCUT2D eigenvalue weighted by atomic mass is 9.79. The molecule has 0 N–H and O–H groups in total. The van der Waals surface area contributed by atoms with Crippen molar-refractivity contribution >= 4 is 10.8 Å².